The maximum Gasteiger partial charge on any atom is 0.253 e. The zero-order valence-corrected chi connectivity index (χ0v) is 19.7. The Balaban J connectivity index is 1.40. The summed E-state index contributed by atoms with van der Waals surface area (Å²) in [6, 6.07) is 22.2. The smallest absolute Gasteiger partial charge is 0.253 e. The second kappa shape index (κ2) is 10.5. The average molecular weight is 445 g/mol. The van der Waals surface area contributed by atoms with Crippen LogP contribution in [0.15, 0.2) is 66.7 Å². The lowest BCUT2D eigenvalue weighted by Gasteiger charge is -2.35. The Hall–Kier alpha value is -3.31. The first-order chi connectivity index (χ1) is 16.0. The second-order valence-electron chi connectivity index (χ2n) is 8.64. The van der Waals surface area contributed by atoms with Crippen molar-refractivity contribution < 1.29 is 14.3 Å². The molecular formula is C28H32N2O3. The van der Waals surface area contributed by atoms with E-state index < -0.39 is 0 Å². The van der Waals surface area contributed by atoms with Gasteiger partial charge in [0.1, 0.15) is 18.1 Å². The van der Waals surface area contributed by atoms with Gasteiger partial charge in [-0.3, -0.25) is 9.69 Å². The van der Waals surface area contributed by atoms with E-state index in [0.717, 1.165) is 60.9 Å². The lowest BCUT2D eigenvalue weighted by Crippen LogP contribution is -2.48. The third-order valence-electron chi connectivity index (χ3n) is 6.16. The van der Waals surface area contributed by atoms with E-state index in [2.05, 4.69) is 41.3 Å². The Morgan fingerprint density at radius 1 is 0.879 bits per heavy atom. The van der Waals surface area contributed by atoms with E-state index in [-0.39, 0.29) is 5.91 Å². The highest BCUT2D eigenvalue weighted by molar-refractivity contribution is 5.94. The van der Waals surface area contributed by atoms with Crippen LogP contribution in [0.4, 0.5) is 0 Å². The zero-order chi connectivity index (χ0) is 23.2. The summed E-state index contributed by atoms with van der Waals surface area (Å²) in [5.41, 5.74) is 5.08. The van der Waals surface area contributed by atoms with Crippen LogP contribution in [0.2, 0.25) is 0 Å². The summed E-state index contributed by atoms with van der Waals surface area (Å²) in [5, 5.41) is 0. The van der Waals surface area contributed by atoms with Gasteiger partial charge in [-0.15, -0.1) is 0 Å². The number of aryl methyl sites for hydroxylation is 2. The number of amides is 1. The van der Waals surface area contributed by atoms with E-state index in [9.17, 15) is 4.79 Å². The van der Waals surface area contributed by atoms with Crippen molar-refractivity contribution in [2.75, 3.05) is 33.3 Å². The van der Waals surface area contributed by atoms with Gasteiger partial charge in [-0.05, 0) is 54.8 Å². The van der Waals surface area contributed by atoms with E-state index in [4.69, 9.17) is 9.47 Å². The fraction of sp³-hybridized carbons (Fsp3) is 0.321. The molecule has 0 N–H and O–H groups in total. The molecule has 0 radical (unpaired) electrons. The summed E-state index contributed by atoms with van der Waals surface area (Å²) < 4.78 is 11.6. The molecular weight excluding hydrogens is 412 g/mol. The van der Waals surface area contributed by atoms with Crippen molar-refractivity contribution in [1.82, 2.24) is 9.80 Å². The normalized spacial score (nSPS) is 14.2. The maximum absolute atomic E-state index is 13.2. The molecule has 33 heavy (non-hydrogen) atoms. The van der Waals surface area contributed by atoms with Gasteiger partial charge in [0.15, 0.2) is 0 Å². The SMILES string of the molecule is COc1ccc(C(=O)N2CCN(Cc3ccccc3)CC2)cc1COc1cc(C)ccc1C. The Kier molecular flexibility index (Phi) is 7.30. The Labute approximate surface area is 196 Å². The van der Waals surface area contributed by atoms with Gasteiger partial charge < -0.3 is 14.4 Å². The molecule has 4 rings (SSSR count). The molecule has 1 heterocycles. The van der Waals surface area contributed by atoms with Crippen molar-refractivity contribution in [3.63, 3.8) is 0 Å². The Morgan fingerprint density at radius 3 is 2.36 bits per heavy atom. The van der Waals surface area contributed by atoms with Crippen molar-refractivity contribution >= 4 is 5.91 Å². The third kappa shape index (κ3) is 5.74. The Morgan fingerprint density at radius 2 is 1.64 bits per heavy atom. The number of methoxy groups -OCH3 is 1. The molecule has 0 bridgehead atoms. The predicted molar refractivity (Wildman–Crippen MR) is 131 cm³/mol. The molecule has 1 fully saturated rings. The minimum Gasteiger partial charge on any atom is -0.496 e. The number of nitrogens with zero attached hydrogens (tertiary/aromatic N) is 2. The number of piperazine rings is 1. The first kappa shape index (κ1) is 22.9. The summed E-state index contributed by atoms with van der Waals surface area (Å²) in [7, 11) is 1.64. The molecule has 0 spiro atoms. The minimum atomic E-state index is 0.0602. The maximum atomic E-state index is 13.2. The second-order valence-corrected chi connectivity index (χ2v) is 8.64. The van der Waals surface area contributed by atoms with Crippen LogP contribution in [0.5, 0.6) is 11.5 Å². The van der Waals surface area contributed by atoms with Gasteiger partial charge in [0.2, 0.25) is 0 Å². The first-order valence-corrected chi connectivity index (χ1v) is 11.5. The van der Waals surface area contributed by atoms with Gasteiger partial charge in [0.25, 0.3) is 5.91 Å². The molecule has 1 aliphatic heterocycles. The molecule has 172 valence electrons. The van der Waals surface area contributed by atoms with Gasteiger partial charge in [0, 0.05) is 43.9 Å². The number of ether oxygens (including phenoxy) is 2. The molecule has 5 nitrogen and oxygen atoms in total. The molecule has 0 aliphatic carbocycles. The highest BCUT2D eigenvalue weighted by Gasteiger charge is 2.23. The molecule has 3 aromatic carbocycles. The van der Waals surface area contributed by atoms with E-state index >= 15 is 0 Å². The zero-order valence-electron chi connectivity index (χ0n) is 19.7. The van der Waals surface area contributed by atoms with Gasteiger partial charge in [-0.1, -0.05) is 42.5 Å². The summed E-state index contributed by atoms with van der Waals surface area (Å²) in [5.74, 6) is 1.64. The van der Waals surface area contributed by atoms with Crippen molar-refractivity contribution in [1.29, 1.82) is 0 Å². The van der Waals surface area contributed by atoms with Gasteiger partial charge in [0.05, 0.1) is 7.11 Å². The molecule has 0 atom stereocenters. The van der Waals surface area contributed by atoms with Crippen molar-refractivity contribution in [2.45, 2.75) is 27.0 Å². The molecule has 1 amide bonds. The highest BCUT2D eigenvalue weighted by atomic mass is 16.5. The standard InChI is InChI=1S/C28H32N2O3/c1-21-9-10-22(2)27(17-21)33-20-25-18-24(11-12-26(25)32-3)28(31)30-15-13-29(14-16-30)19-23-7-5-4-6-8-23/h4-12,17-18H,13-16,19-20H2,1-3H3. The predicted octanol–water partition coefficient (Wildman–Crippen LogP) is 4.85. The van der Waals surface area contributed by atoms with E-state index in [1.165, 1.54) is 5.56 Å². The number of carbonyl (C=O) groups is 1. The van der Waals surface area contributed by atoms with Crippen LogP contribution in [0.3, 0.4) is 0 Å². The van der Waals surface area contributed by atoms with Crippen molar-refractivity contribution in [3.8, 4) is 11.5 Å². The van der Waals surface area contributed by atoms with Crippen LogP contribution >= 0.6 is 0 Å². The van der Waals surface area contributed by atoms with Crippen LogP contribution < -0.4 is 9.47 Å². The molecule has 1 saturated heterocycles. The fourth-order valence-corrected chi connectivity index (χ4v) is 4.18. The Bertz CT molecular complexity index is 1090. The van der Waals surface area contributed by atoms with Gasteiger partial charge in [-0.2, -0.15) is 0 Å². The highest BCUT2D eigenvalue weighted by Crippen LogP contribution is 2.25. The van der Waals surface area contributed by atoms with Crippen LogP contribution in [0, 0.1) is 13.8 Å². The largest absolute Gasteiger partial charge is 0.496 e. The molecule has 1 aliphatic rings. The van der Waals surface area contributed by atoms with Crippen molar-refractivity contribution in [3.05, 3.63) is 94.5 Å². The minimum absolute atomic E-state index is 0.0602. The fourth-order valence-electron chi connectivity index (χ4n) is 4.18. The number of hydrogen-bond acceptors (Lipinski definition) is 4. The number of rotatable bonds is 7. The van der Waals surface area contributed by atoms with Crippen LogP contribution in [0.25, 0.3) is 0 Å². The topological polar surface area (TPSA) is 42.0 Å². The number of benzene rings is 3. The summed E-state index contributed by atoms with van der Waals surface area (Å²) >= 11 is 0. The lowest BCUT2D eigenvalue weighted by atomic mass is 10.1. The average Bonchev–Trinajstić information content (AvgIpc) is 2.85. The molecule has 3 aromatic rings. The van der Waals surface area contributed by atoms with Gasteiger partial charge >= 0.3 is 0 Å². The summed E-state index contributed by atoms with van der Waals surface area (Å²) in [6.45, 7) is 8.55. The van der Waals surface area contributed by atoms with Crippen molar-refractivity contribution in [2.24, 2.45) is 0 Å². The van der Waals surface area contributed by atoms with E-state index in [1.807, 2.05) is 49.1 Å². The van der Waals surface area contributed by atoms with E-state index in [0.29, 0.717) is 12.2 Å². The number of hydrogen-bond donors (Lipinski definition) is 0. The first-order valence-electron chi connectivity index (χ1n) is 11.5. The quantitative estimate of drug-likeness (QED) is 0.523. The van der Waals surface area contributed by atoms with Crippen LogP contribution in [-0.4, -0.2) is 49.0 Å². The van der Waals surface area contributed by atoms with E-state index in [1.54, 1.807) is 7.11 Å². The third-order valence-corrected chi connectivity index (χ3v) is 6.16. The number of carbonyl (C=O) groups excluding carboxylic acids is 1. The summed E-state index contributed by atoms with van der Waals surface area (Å²) in [6.07, 6.45) is 0. The van der Waals surface area contributed by atoms with Crippen LogP contribution in [-0.2, 0) is 13.2 Å². The lowest BCUT2D eigenvalue weighted by molar-refractivity contribution is 0.0628. The molecule has 0 saturated carbocycles. The van der Waals surface area contributed by atoms with Crippen LogP contribution in [0.1, 0.15) is 32.6 Å². The molecule has 0 unspecified atom stereocenters. The van der Waals surface area contributed by atoms with Gasteiger partial charge in [-0.25, -0.2) is 0 Å². The molecule has 0 aromatic heterocycles. The summed E-state index contributed by atoms with van der Waals surface area (Å²) in [4.78, 5) is 17.6. The monoisotopic (exact) mass is 444 g/mol. The molecule has 5 heteroatoms.